The first-order chi connectivity index (χ1) is 7.48. The molecule has 2 nitrogen and oxygen atoms in total. The van der Waals surface area contributed by atoms with Gasteiger partial charge in [0.15, 0.2) is 0 Å². The molecule has 1 atom stereocenters. The Bertz CT molecular complexity index is 323. The van der Waals surface area contributed by atoms with E-state index in [0.717, 1.165) is 17.1 Å². The molecule has 0 heterocycles. The molecule has 1 unspecified atom stereocenters. The minimum absolute atomic E-state index is 0.275. The highest BCUT2D eigenvalue weighted by atomic mass is 35.5. The Morgan fingerprint density at radius 3 is 2.25 bits per heavy atom. The number of rotatable bonds is 5. The molecule has 0 aliphatic heterocycles. The number of ether oxygens (including phenoxy) is 1. The van der Waals surface area contributed by atoms with Crippen LogP contribution in [-0.4, -0.2) is 32.1 Å². The average Bonchev–Trinajstić information content (AvgIpc) is 2.17. The molecule has 0 fully saturated rings. The van der Waals surface area contributed by atoms with E-state index in [9.17, 15) is 0 Å². The van der Waals surface area contributed by atoms with Crippen LogP contribution in [0.25, 0.3) is 0 Å². The summed E-state index contributed by atoms with van der Waals surface area (Å²) < 4.78 is 5.88. The van der Waals surface area contributed by atoms with Gasteiger partial charge in [-0.3, -0.25) is 0 Å². The molecule has 0 amide bonds. The van der Waals surface area contributed by atoms with Crippen LogP contribution in [0.15, 0.2) is 24.3 Å². The van der Waals surface area contributed by atoms with Gasteiger partial charge in [-0.1, -0.05) is 23.7 Å². The molecule has 0 bridgehead atoms. The number of hydrogen-bond acceptors (Lipinski definition) is 2. The highest BCUT2D eigenvalue weighted by molar-refractivity contribution is 6.30. The highest BCUT2D eigenvalue weighted by Crippen LogP contribution is 2.27. The van der Waals surface area contributed by atoms with Gasteiger partial charge in [-0.15, -0.1) is 0 Å². The summed E-state index contributed by atoms with van der Waals surface area (Å²) in [4.78, 5) is 2.13. The largest absolute Gasteiger partial charge is 0.370 e. The van der Waals surface area contributed by atoms with E-state index in [1.165, 1.54) is 0 Å². The van der Waals surface area contributed by atoms with Crippen molar-refractivity contribution >= 4 is 11.6 Å². The molecule has 0 aliphatic rings. The summed E-state index contributed by atoms with van der Waals surface area (Å²) >= 11 is 5.89. The monoisotopic (exact) mass is 241 g/mol. The molecule has 1 aromatic rings. The molecule has 3 heteroatoms. The summed E-state index contributed by atoms with van der Waals surface area (Å²) in [5, 5.41) is 0.757. The second-order valence-corrected chi connectivity index (χ2v) is 4.84. The van der Waals surface area contributed by atoms with Crippen LogP contribution in [0.2, 0.25) is 5.02 Å². The standard InChI is InChI=1S/C13H20ClNO/c1-5-16-13(2,10-15(3)4)11-6-8-12(14)9-7-11/h6-9H,5,10H2,1-4H3. The van der Waals surface area contributed by atoms with Crippen molar-refractivity contribution in [1.29, 1.82) is 0 Å². The lowest BCUT2D eigenvalue weighted by Crippen LogP contribution is -2.37. The van der Waals surface area contributed by atoms with Crippen LogP contribution in [-0.2, 0) is 10.3 Å². The fourth-order valence-electron chi connectivity index (χ4n) is 1.94. The van der Waals surface area contributed by atoms with Crippen LogP contribution < -0.4 is 0 Å². The first kappa shape index (κ1) is 13.5. The predicted molar refractivity (Wildman–Crippen MR) is 69.0 cm³/mol. The zero-order valence-corrected chi connectivity index (χ0v) is 11.2. The lowest BCUT2D eigenvalue weighted by Gasteiger charge is -2.32. The van der Waals surface area contributed by atoms with Gasteiger partial charge in [0, 0.05) is 18.2 Å². The van der Waals surface area contributed by atoms with Gasteiger partial charge in [-0.2, -0.15) is 0 Å². The van der Waals surface area contributed by atoms with Crippen molar-refractivity contribution in [2.45, 2.75) is 19.4 Å². The second kappa shape index (κ2) is 5.67. The molecule has 0 aromatic heterocycles. The van der Waals surface area contributed by atoms with Crippen LogP contribution in [0.3, 0.4) is 0 Å². The van der Waals surface area contributed by atoms with E-state index < -0.39 is 0 Å². The Kier molecular flexibility index (Phi) is 4.78. The maximum atomic E-state index is 5.89. The first-order valence-electron chi connectivity index (χ1n) is 5.52. The van der Waals surface area contributed by atoms with Crippen molar-refractivity contribution in [3.63, 3.8) is 0 Å². The van der Waals surface area contributed by atoms with Crippen molar-refractivity contribution in [3.05, 3.63) is 34.9 Å². The quantitative estimate of drug-likeness (QED) is 0.785. The van der Waals surface area contributed by atoms with Crippen LogP contribution in [0.4, 0.5) is 0 Å². The van der Waals surface area contributed by atoms with Crippen LogP contribution >= 0.6 is 11.6 Å². The minimum atomic E-state index is -0.275. The molecule has 16 heavy (non-hydrogen) atoms. The van der Waals surface area contributed by atoms with Gasteiger partial charge in [0.25, 0.3) is 0 Å². The van der Waals surface area contributed by atoms with Gasteiger partial charge < -0.3 is 9.64 Å². The normalized spacial score (nSPS) is 15.1. The second-order valence-electron chi connectivity index (χ2n) is 4.41. The van der Waals surface area contributed by atoms with Crippen LogP contribution in [0.5, 0.6) is 0 Å². The van der Waals surface area contributed by atoms with E-state index in [1.54, 1.807) is 0 Å². The third-order valence-electron chi connectivity index (χ3n) is 2.54. The topological polar surface area (TPSA) is 12.5 Å². The Morgan fingerprint density at radius 2 is 1.81 bits per heavy atom. The molecule has 0 radical (unpaired) electrons. The fourth-order valence-corrected chi connectivity index (χ4v) is 2.07. The molecule has 0 spiro atoms. The number of likely N-dealkylation sites (N-methyl/N-ethyl adjacent to an activating group) is 1. The average molecular weight is 242 g/mol. The van der Waals surface area contributed by atoms with Gasteiger partial charge in [0.05, 0.1) is 0 Å². The summed E-state index contributed by atoms with van der Waals surface area (Å²) in [7, 11) is 4.10. The summed E-state index contributed by atoms with van der Waals surface area (Å²) in [5.41, 5.74) is 0.885. The Morgan fingerprint density at radius 1 is 1.25 bits per heavy atom. The highest BCUT2D eigenvalue weighted by Gasteiger charge is 2.27. The molecule has 0 aliphatic carbocycles. The maximum absolute atomic E-state index is 5.89. The number of halogens is 1. The zero-order chi connectivity index (χ0) is 12.2. The van der Waals surface area contributed by atoms with Crippen molar-refractivity contribution in [3.8, 4) is 0 Å². The smallest absolute Gasteiger partial charge is 0.103 e. The molecular formula is C13H20ClNO. The minimum Gasteiger partial charge on any atom is -0.370 e. The third kappa shape index (κ3) is 3.48. The third-order valence-corrected chi connectivity index (χ3v) is 2.79. The molecule has 0 saturated heterocycles. The number of hydrogen-bond donors (Lipinski definition) is 0. The molecule has 1 aromatic carbocycles. The number of benzene rings is 1. The van der Waals surface area contributed by atoms with E-state index in [0.29, 0.717) is 6.61 Å². The van der Waals surface area contributed by atoms with Crippen molar-refractivity contribution in [2.75, 3.05) is 27.2 Å². The van der Waals surface area contributed by atoms with E-state index in [2.05, 4.69) is 11.8 Å². The lowest BCUT2D eigenvalue weighted by atomic mass is 9.95. The summed E-state index contributed by atoms with van der Waals surface area (Å²) in [6.45, 7) is 5.68. The van der Waals surface area contributed by atoms with Gasteiger partial charge in [0.2, 0.25) is 0 Å². The molecule has 0 saturated carbocycles. The number of nitrogens with zero attached hydrogens (tertiary/aromatic N) is 1. The first-order valence-corrected chi connectivity index (χ1v) is 5.90. The van der Waals surface area contributed by atoms with E-state index in [1.807, 2.05) is 45.3 Å². The summed E-state index contributed by atoms with van der Waals surface area (Å²) in [6.07, 6.45) is 0. The van der Waals surface area contributed by atoms with Crippen molar-refractivity contribution in [2.24, 2.45) is 0 Å². The fraction of sp³-hybridized carbons (Fsp3) is 0.538. The summed E-state index contributed by atoms with van der Waals surface area (Å²) in [5.74, 6) is 0. The predicted octanol–water partition coefficient (Wildman–Crippen LogP) is 3.15. The van der Waals surface area contributed by atoms with E-state index >= 15 is 0 Å². The van der Waals surface area contributed by atoms with Gasteiger partial charge in [0.1, 0.15) is 5.60 Å². The zero-order valence-electron chi connectivity index (χ0n) is 10.5. The van der Waals surface area contributed by atoms with Crippen molar-refractivity contribution < 1.29 is 4.74 Å². The molecule has 0 N–H and O–H groups in total. The van der Waals surface area contributed by atoms with E-state index in [4.69, 9.17) is 16.3 Å². The Balaban J connectivity index is 2.95. The molecular weight excluding hydrogens is 222 g/mol. The van der Waals surface area contributed by atoms with Crippen molar-refractivity contribution in [1.82, 2.24) is 4.90 Å². The lowest BCUT2D eigenvalue weighted by molar-refractivity contribution is -0.0451. The Labute approximate surface area is 103 Å². The molecule has 1 rings (SSSR count). The van der Waals surface area contributed by atoms with Gasteiger partial charge in [-0.05, 0) is 45.6 Å². The van der Waals surface area contributed by atoms with Crippen LogP contribution in [0.1, 0.15) is 19.4 Å². The van der Waals surface area contributed by atoms with Crippen LogP contribution in [0, 0.1) is 0 Å². The maximum Gasteiger partial charge on any atom is 0.103 e. The van der Waals surface area contributed by atoms with Gasteiger partial charge >= 0.3 is 0 Å². The SMILES string of the molecule is CCOC(C)(CN(C)C)c1ccc(Cl)cc1. The molecule has 90 valence electrons. The Hall–Kier alpha value is -0.570. The van der Waals surface area contributed by atoms with E-state index in [-0.39, 0.29) is 5.60 Å². The van der Waals surface area contributed by atoms with Gasteiger partial charge in [-0.25, -0.2) is 0 Å². The summed E-state index contributed by atoms with van der Waals surface area (Å²) in [6, 6.07) is 7.87.